The molecule has 0 unspecified atom stereocenters. The van der Waals surface area contributed by atoms with E-state index in [1.165, 1.54) is 0 Å². The summed E-state index contributed by atoms with van der Waals surface area (Å²) in [6, 6.07) is 17.7. The molecule has 23 heavy (non-hydrogen) atoms. The Labute approximate surface area is 138 Å². The smallest absolute Gasteiger partial charge is 0.181 e. The highest BCUT2D eigenvalue weighted by Crippen LogP contribution is 2.20. The molecule has 0 bridgehead atoms. The van der Waals surface area contributed by atoms with Crippen molar-refractivity contribution in [1.82, 2.24) is 19.7 Å². The van der Waals surface area contributed by atoms with Crippen molar-refractivity contribution in [3.8, 4) is 11.4 Å². The van der Waals surface area contributed by atoms with Gasteiger partial charge in [0, 0.05) is 22.2 Å². The molecule has 0 amide bonds. The lowest BCUT2D eigenvalue weighted by atomic mass is 10.1. The van der Waals surface area contributed by atoms with Crippen molar-refractivity contribution in [2.45, 2.75) is 6.54 Å². The van der Waals surface area contributed by atoms with Crippen LogP contribution in [-0.2, 0) is 6.54 Å². The van der Waals surface area contributed by atoms with Crippen LogP contribution in [0.1, 0.15) is 5.56 Å². The van der Waals surface area contributed by atoms with Gasteiger partial charge in [0.15, 0.2) is 5.82 Å². The summed E-state index contributed by atoms with van der Waals surface area (Å²) in [7, 11) is 0. The average molecular weight is 321 g/mol. The van der Waals surface area contributed by atoms with Crippen LogP contribution in [0.2, 0.25) is 5.02 Å². The third kappa shape index (κ3) is 2.81. The SMILES string of the molecule is Clc1cccc(-c2ncn(Cc3cccc4ncccc34)n2)c1. The molecule has 0 N–H and O–H groups in total. The number of aromatic nitrogens is 4. The van der Waals surface area contributed by atoms with Gasteiger partial charge in [-0.2, -0.15) is 5.10 Å². The van der Waals surface area contributed by atoms with E-state index in [0.717, 1.165) is 22.0 Å². The Balaban J connectivity index is 1.67. The summed E-state index contributed by atoms with van der Waals surface area (Å²) < 4.78 is 1.83. The maximum Gasteiger partial charge on any atom is 0.181 e. The summed E-state index contributed by atoms with van der Waals surface area (Å²) >= 11 is 6.03. The minimum Gasteiger partial charge on any atom is -0.256 e. The number of rotatable bonds is 3. The van der Waals surface area contributed by atoms with Crippen LogP contribution in [0.4, 0.5) is 0 Å². The van der Waals surface area contributed by atoms with Crippen molar-refractivity contribution in [1.29, 1.82) is 0 Å². The Morgan fingerprint density at radius 1 is 0.957 bits per heavy atom. The summed E-state index contributed by atoms with van der Waals surface area (Å²) in [6.45, 7) is 0.649. The second-order valence-corrected chi connectivity index (χ2v) is 5.70. The average Bonchev–Trinajstić information content (AvgIpc) is 3.04. The highest BCUT2D eigenvalue weighted by atomic mass is 35.5. The fraction of sp³-hybridized carbons (Fsp3) is 0.0556. The van der Waals surface area contributed by atoms with Crippen LogP contribution in [0.15, 0.2) is 67.1 Å². The van der Waals surface area contributed by atoms with Crippen molar-refractivity contribution < 1.29 is 0 Å². The molecule has 0 aliphatic heterocycles. The molecule has 0 fully saturated rings. The van der Waals surface area contributed by atoms with E-state index in [9.17, 15) is 0 Å². The van der Waals surface area contributed by atoms with Crippen LogP contribution in [0.5, 0.6) is 0 Å². The van der Waals surface area contributed by atoms with E-state index in [2.05, 4.69) is 27.2 Å². The van der Waals surface area contributed by atoms with Crippen LogP contribution >= 0.6 is 11.6 Å². The minimum atomic E-state index is 0.649. The largest absolute Gasteiger partial charge is 0.256 e. The number of hydrogen-bond acceptors (Lipinski definition) is 3. The van der Waals surface area contributed by atoms with Crippen molar-refractivity contribution in [2.75, 3.05) is 0 Å². The van der Waals surface area contributed by atoms with Crippen LogP contribution in [0.3, 0.4) is 0 Å². The first-order valence-corrected chi connectivity index (χ1v) is 7.65. The quantitative estimate of drug-likeness (QED) is 0.568. The first kappa shape index (κ1) is 13.9. The summed E-state index contributed by atoms with van der Waals surface area (Å²) in [5.41, 5.74) is 3.06. The maximum atomic E-state index is 6.03. The number of fused-ring (bicyclic) bond motifs is 1. The van der Waals surface area contributed by atoms with Crippen LogP contribution in [-0.4, -0.2) is 19.7 Å². The molecule has 0 aliphatic rings. The molecule has 0 atom stereocenters. The molecule has 0 spiro atoms. The second-order valence-electron chi connectivity index (χ2n) is 5.26. The Morgan fingerprint density at radius 2 is 1.87 bits per heavy atom. The summed E-state index contributed by atoms with van der Waals surface area (Å²) in [5, 5.41) is 6.36. The van der Waals surface area contributed by atoms with E-state index >= 15 is 0 Å². The molecule has 4 nitrogen and oxygen atoms in total. The lowest BCUT2D eigenvalue weighted by molar-refractivity contribution is 0.690. The van der Waals surface area contributed by atoms with Gasteiger partial charge in [0.1, 0.15) is 6.33 Å². The normalized spacial score (nSPS) is 11.0. The third-order valence-electron chi connectivity index (χ3n) is 3.69. The zero-order valence-corrected chi connectivity index (χ0v) is 13.0. The predicted octanol–water partition coefficient (Wildman–Crippen LogP) is 4.20. The number of benzene rings is 2. The van der Waals surface area contributed by atoms with Gasteiger partial charge in [-0.15, -0.1) is 0 Å². The van der Waals surface area contributed by atoms with Crippen LogP contribution < -0.4 is 0 Å². The fourth-order valence-corrected chi connectivity index (χ4v) is 2.80. The van der Waals surface area contributed by atoms with E-state index in [1.807, 2.05) is 47.1 Å². The van der Waals surface area contributed by atoms with Gasteiger partial charge in [-0.05, 0) is 29.8 Å². The van der Waals surface area contributed by atoms with E-state index in [0.29, 0.717) is 17.4 Å². The molecule has 0 radical (unpaired) electrons. The van der Waals surface area contributed by atoms with Gasteiger partial charge in [0.25, 0.3) is 0 Å². The molecule has 2 aromatic carbocycles. The van der Waals surface area contributed by atoms with E-state index in [1.54, 1.807) is 12.5 Å². The summed E-state index contributed by atoms with van der Waals surface area (Å²) in [5.74, 6) is 0.672. The van der Waals surface area contributed by atoms with E-state index < -0.39 is 0 Å². The van der Waals surface area contributed by atoms with Gasteiger partial charge in [-0.25, -0.2) is 9.67 Å². The molecular formula is C18H13ClN4. The first-order valence-electron chi connectivity index (χ1n) is 7.27. The third-order valence-corrected chi connectivity index (χ3v) is 3.92. The molecule has 112 valence electrons. The number of pyridine rings is 1. The molecule has 4 rings (SSSR count). The van der Waals surface area contributed by atoms with Crippen LogP contribution in [0.25, 0.3) is 22.3 Å². The fourth-order valence-electron chi connectivity index (χ4n) is 2.61. The topological polar surface area (TPSA) is 43.6 Å². The van der Waals surface area contributed by atoms with Gasteiger partial charge in [0.05, 0.1) is 12.1 Å². The van der Waals surface area contributed by atoms with Gasteiger partial charge in [0.2, 0.25) is 0 Å². The Kier molecular flexibility index (Phi) is 3.52. The van der Waals surface area contributed by atoms with Gasteiger partial charge >= 0.3 is 0 Å². The molecule has 5 heteroatoms. The Bertz CT molecular complexity index is 972. The van der Waals surface area contributed by atoms with Crippen molar-refractivity contribution >= 4 is 22.5 Å². The van der Waals surface area contributed by atoms with Gasteiger partial charge in [-0.1, -0.05) is 41.9 Å². The van der Waals surface area contributed by atoms with Crippen LogP contribution in [0, 0.1) is 0 Å². The lowest BCUT2D eigenvalue weighted by Crippen LogP contribution is -2.01. The zero-order chi connectivity index (χ0) is 15.6. The predicted molar refractivity (Wildman–Crippen MR) is 91.3 cm³/mol. The number of halogens is 1. The molecule has 4 aromatic rings. The highest BCUT2D eigenvalue weighted by molar-refractivity contribution is 6.30. The zero-order valence-electron chi connectivity index (χ0n) is 12.2. The molecular weight excluding hydrogens is 308 g/mol. The minimum absolute atomic E-state index is 0.649. The molecule has 2 aromatic heterocycles. The van der Waals surface area contributed by atoms with Crippen molar-refractivity contribution in [3.05, 3.63) is 77.7 Å². The Morgan fingerprint density at radius 3 is 2.78 bits per heavy atom. The number of nitrogens with zero attached hydrogens (tertiary/aromatic N) is 4. The number of hydrogen-bond donors (Lipinski definition) is 0. The summed E-state index contributed by atoms with van der Waals surface area (Å²) in [4.78, 5) is 8.77. The van der Waals surface area contributed by atoms with Gasteiger partial charge in [-0.3, -0.25) is 4.98 Å². The molecule has 0 saturated carbocycles. The first-order chi connectivity index (χ1) is 11.3. The lowest BCUT2D eigenvalue weighted by Gasteiger charge is -2.05. The van der Waals surface area contributed by atoms with Gasteiger partial charge < -0.3 is 0 Å². The van der Waals surface area contributed by atoms with Crippen molar-refractivity contribution in [2.24, 2.45) is 0 Å². The maximum absolute atomic E-state index is 6.03. The monoisotopic (exact) mass is 320 g/mol. The van der Waals surface area contributed by atoms with Crippen molar-refractivity contribution in [3.63, 3.8) is 0 Å². The second kappa shape index (κ2) is 5.82. The molecule has 0 saturated heterocycles. The molecule has 0 aliphatic carbocycles. The summed E-state index contributed by atoms with van der Waals surface area (Å²) in [6.07, 6.45) is 3.55. The molecule has 2 heterocycles. The Hall–Kier alpha value is -2.72. The van der Waals surface area contributed by atoms with E-state index in [-0.39, 0.29) is 0 Å². The standard InChI is InChI=1S/C18H13ClN4/c19-15-6-1-4-13(10-15)18-21-12-23(22-18)11-14-5-2-8-17-16(14)7-3-9-20-17/h1-10,12H,11H2. The van der Waals surface area contributed by atoms with E-state index in [4.69, 9.17) is 11.6 Å². The highest BCUT2D eigenvalue weighted by Gasteiger charge is 2.07.